The van der Waals surface area contributed by atoms with Gasteiger partial charge in [0.05, 0.1) is 15.6 Å². The standard InChI is InChI=1S/C17H11Cl3N2O4S2/c1-9-4-10(18)5-15(20)17(9)28(25,26)21-16-8-27-7-13(16)12-6-11(22(23)24)2-3-14(12)19/h2-8,21H,1H3. The Bertz CT molecular complexity index is 1170. The maximum absolute atomic E-state index is 12.9. The van der Waals surface area contributed by atoms with Crippen LogP contribution in [0, 0.1) is 17.0 Å². The van der Waals surface area contributed by atoms with Crippen LogP contribution in [-0.2, 0) is 10.0 Å². The van der Waals surface area contributed by atoms with Crippen molar-refractivity contribution >= 4 is 67.5 Å². The molecule has 0 saturated carbocycles. The monoisotopic (exact) mass is 476 g/mol. The Hall–Kier alpha value is -1.84. The molecule has 0 radical (unpaired) electrons. The first kappa shape index (κ1) is 20.9. The van der Waals surface area contributed by atoms with Crippen molar-refractivity contribution in [3.05, 3.63) is 71.8 Å². The Morgan fingerprint density at radius 2 is 1.75 bits per heavy atom. The molecule has 0 atom stereocenters. The van der Waals surface area contributed by atoms with E-state index in [9.17, 15) is 18.5 Å². The Kier molecular flexibility index (Phi) is 5.88. The lowest BCUT2D eigenvalue weighted by atomic mass is 10.1. The number of nitrogens with one attached hydrogen (secondary N) is 1. The molecule has 3 aromatic rings. The van der Waals surface area contributed by atoms with Gasteiger partial charge in [-0.25, -0.2) is 8.42 Å². The number of nitro groups is 1. The zero-order valence-corrected chi connectivity index (χ0v) is 18.0. The second-order valence-corrected chi connectivity index (χ2v) is 9.37. The summed E-state index contributed by atoms with van der Waals surface area (Å²) in [4.78, 5) is 10.4. The van der Waals surface area contributed by atoms with E-state index in [0.29, 0.717) is 21.7 Å². The molecule has 3 rings (SSSR count). The molecule has 0 aliphatic carbocycles. The van der Waals surface area contributed by atoms with Gasteiger partial charge in [-0.2, -0.15) is 0 Å². The minimum Gasteiger partial charge on any atom is -0.278 e. The summed E-state index contributed by atoms with van der Waals surface area (Å²) in [6.45, 7) is 1.58. The third kappa shape index (κ3) is 4.11. The van der Waals surface area contributed by atoms with Gasteiger partial charge in [0.25, 0.3) is 15.7 Å². The first-order valence-corrected chi connectivity index (χ1v) is 11.1. The number of hydrogen-bond donors (Lipinski definition) is 1. The molecule has 6 nitrogen and oxygen atoms in total. The number of nitro benzene ring substituents is 1. The van der Waals surface area contributed by atoms with E-state index < -0.39 is 14.9 Å². The van der Waals surface area contributed by atoms with E-state index in [0.717, 1.165) is 0 Å². The van der Waals surface area contributed by atoms with Gasteiger partial charge in [0.1, 0.15) is 4.90 Å². The van der Waals surface area contributed by atoms with Crippen LogP contribution in [0.2, 0.25) is 15.1 Å². The molecule has 1 heterocycles. The van der Waals surface area contributed by atoms with Crippen molar-refractivity contribution < 1.29 is 13.3 Å². The molecule has 11 heteroatoms. The lowest BCUT2D eigenvalue weighted by Gasteiger charge is -2.13. The van der Waals surface area contributed by atoms with E-state index in [1.54, 1.807) is 17.7 Å². The minimum absolute atomic E-state index is 0.0114. The van der Waals surface area contributed by atoms with Gasteiger partial charge in [0.2, 0.25) is 0 Å². The fourth-order valence-corrected chi connectivity index (χ4v) is 5.98. The maximum Gasteiger partial charge on any atom is 0.270 e. The first-order chi connectivity index (χ1) is 13.1. The van der Waals surface area contributed by atoms with Gasteiger partial charge in [0.15, 0.2) is 0 Å². The number of rotatable bonds is 5. The summed E-state index contributed by atoms with van der Waals surface area (Å²) < 4.78 is 28.3. The number of benzene rings is 2. The summed E-state index contributed by atoms with van der Waals surface area (Å²) in [5.41, 5.74) is 1.22. The number of nitrogens with zero attached hydrogens (tertiary/aromatic N) is 1. The van der Waals surface area contributed by atoms with E-state index in [-0.39, 0.29) is 26.3 Å². The van der Waals surface area contributed by atoms with Crippen molar-refractivity contribution in [3.63, 3.8) is 0 Å². The van der Waals surface area contributed by atoms with Crippen molar-refractivity contribution in [2.45, 2.75) is 11.8 Å². The summed E-state index contributed by atoms with van der Waals surface area (Å²) in [7, 11) is -4.04. The normalized spacial score (nSPS) is 11.4. The molecule has 146 valence electrons. The Labute approximate surface area is 179 Å². The summed E-state index contributed by atoms with van der Waals surface area (Å²) >= 11 is 19.4. The second kappa shape index (κ2) is 7.88. The summed E-state index contributed by atoms with van der Waals surface area (Å²) in [6, 6.07) is 6.80. The number of sulfonamides is 1. The van der Waals surface area contributed by atoms with Gasteiger partial charge in [-0.1, -0.05) is 34.8 Å². The lowest BCUT2D eigenvalue weighted by molar-refractivity contribution is -0.384. The summed E-state index contributed by atoms with van der Waals surface area (Å²) in [6.07, 6.45) is 0. The molecule has 0 spiro atoms. The molecule has 1 aromatic heterocycles. The molecular weight excluding hydrogens is 467 g/mol. The predicted octanol–water partition coefficient (Wildman–Crippen LogP) is 6.39. The Morgan fingerprint density at radius 3 is 2.39 bits per heavy atom. The highest BCUT2D eigenvalue weighted by atomic mass is 35.5. The van der Waals surface area contributed by atoms with Gasteiger partial charge in [-0.15, -0.1) is 11.3 Å². The highest BCUT2D eigenvalue weighted by Gasteiger charge is 2.24. The van der Waals surface area contributed by atoms with Crippen molar-refractivity contribution in [2.24, 2.45) is 0 Å². The molecule has 0 fully saturated rings. The maximum atomic E-state index is 12.9. The summed E-state index contributed by atoms with van der Waals surface area (Å²) in [5.74, 6) is 0. The molecule has 0 amide bonds. The van der Waals surface area contributed by atoms with Crippen molar-refractivity contribution in [3.8, 4) is 11.1 Å². The largest absolute Gasteiger partial charge is 0.278 e. The fraction of sp³-hybridized carbons (Fsp3) is 0.0588. The number of aryl methyl sites for hydroxylation is 1. The topological polar surface area (TPSA) is 89.3 Å². The zero-order valence-electron chi connectivity index (χ0n) is 14.1. The first-order valence-electron chi connectivity index (χ1n) is 7.59. The molecule has 2 aromatic carbocycles. The summed E-state index contributed by atoms with van der Waals surface area (Å²) in [5, 5.41) is 14.8. The average Bonchev–Trinajstić information content (AvgIpc) is 3.00. The van der Waals surface area contributed by atoms with Gasteiger partial charge in [-0.05, 0) is 30.7 Å². The number of non-ortho nitro benzene ring substituents is 1. The molecule has 1 N–H and O–H groups in total. The van der Waals surface area contributed by atoms with Crippen molar-refractivity contribution in [1.29, 1.82) is 0 Å². The van der Waals surface area contributed by atoms with E-state index in [2.05, 4.69) is 4.72 Å². The molecule has 0 saturated heterocycles. The van der Waals surface area contributed by atoms with Crippen LogP contribution in [0.25, 0.3) is 11.1 Å². The third-order valence-electron chi connectivity index (χ3n) is 3.82. The SMILES string of the molecule is Cc1cc(Cl)cc(Cl)c1S(=O)(=O)Nc1cscc1-c1cc([N+](=O)[O-])ccc1Cl. The predicted molar refractivity (Wildman–Crippen MR) is 113 cm³/mol. The molecule has 28 heavy (non-hydrogen) atoms. The van der Waals surface area contributed by atoms with Crippen LogP contribution in [0.5, 0.6) is 0 Å². The smallest absolute Gasteiger partial charge is 0.270 e. The lowest BCUT2D eigenvalue weighted by Crippen LogP contribution is -2.15. The molecule has 0 aliphatic rings. The van der Waals surface area contributed by atoms with Gasteiger partial charge >= 0.3 is 0 Å². The quantitative estimate of drug-likeness (QED) is 0.340. The fourth-order valence-electron chi connectivity index (χ4n) is 2.64. The number of anilines is 1. The van der Waals surface area contributed by atoms with Gasteiger partial charge < -0.3 is 0 Å². The van der Waals surface area contributed by atoms with E-state index >= 15 is 0 Å². The molecular formula is C17H11Cl3N2O4S2. The average molecular weight is 478 g/mol. The van der Waals surface area contributed by atoms with Crippen LogP contribution in [0.1, 0.15) is 5.56 Å². The van der Waals surface area contributed by atoms with Crippen LogP contribution >= 0.6 is 46.1 Å². The van der Waals surface area contributed by atoms with Crippen molar-refractivity contribution in [1.82, 2.24) is 0 Å². The second-order valence-electron chi connectivity index (χ2n) is 5.76. The van der Waals surface area contributed by atoms with Crippen LogP contribution < -0.4 is 4.72 Å². The van der Waals surface area contributed by atoms with Gasteiger partial charge in [0, 0.05) is 44.1 Å². The number of hydrogen-bond acceptors (Lipinski definition) is 5. The molecule has 0 bridgehead atoms. The molecule has 0 aliphatic heterocycles. The number of halogens is 3. The van der Waals surface area contributed by atoms with Gasteiger partial charge in [-0.3, -0.25) is 14.8 Å². The zero-order chi connectivity index (χ0) is 20.6. The number of thiophene rings is 1. The van der Waals surface area contributed by atoms with E-state index in [1.165, 1.54) is 41.7 Å². The van der Waals surface area contributed by atoms with E-state index in [4.69, 9.17) is 34.8 Å². The minimum atomic E-state index is -4.04. The molecule has 0 unspecified atom stereocenters. The highest BCUT2D eigenvalue weighted by molar-refractivity contribution is 7.93. The van der Waals surface area contributed by atoms with Crippen LogP contribution in [0.4, 0.5) is 11.4 Å². The highest BCUT2D eigenvalue weighted by Crippen LogP contribution is 2.39. The Morgan fingerprint density at radius 1 is 1.04 bits per heavy atom. The van der Waals surface area contributed by atoms with Crippen molar-refractivity contribution in [2.75, 3.05) is 4.72 Å². The Balaban J connectivity index is 2.07. The van der Waals surface area contributed by atoms with Crippen LogP contribution in [-0.4, -0.2) is 13.3 Å². The third-order valence-corrected chi connectivity index (χ3v) is 7.09. The van der Waals surface area contributed by atoms with Crippen LogP contribution in [0.15, 0.2) is 46.0 Å². The van der Waals surface area contributed by atoms with E-state index in [1.807, 2.05) is 0 Å². The van der Waals surface area contributed by atoms with Crippen LogP contribution in [0.3, 0.4) is 0 Å².